The molecule has 0 aliphatic rings. The van der Waals surface area contributed by atoms with E-state index >= 15 is 0 Å². The monoisotopic (exact) mass is 334 g/mol. The molecule has 0 heterocycles. The minimum Gasteiger partial charge on any atom is -0.492 e. The maximum Gasteiger partial charge on any atom is 0.271 e. The average molecular weight is 335 g/mol. The summed E-state index contributed by atoms with van der Waals surface area (Å²) in [6.07, 6.45) is 0. The molecule has 23 heavy (non-hydrogen) atoms. The van der Waals surface area contributed by atoms with Crippen molar-refractivity contribution in [1.82, 2.24) is 0 Å². The maximum atomic E-state index is 12.3. The molecule has 2 aromatic carbocycles. The van der Waals surface area contributed by atoms with Crippen LogP contribution in [-0.4, -0.2) is 17.4 Å². The zero-order valence-electron chi connectivity index (χ0n) is 12.6. The predicted molar refractivity (Wildman–Crippen MR) is 88.4 cm³/mol. The van der Waals surface area contributed by atoms with Crippen molar-refractivity contribution in [2.75, 3.05) is 11.9 Å². The molecule has 2 aromatic rings. The largest absolute Gasteiger partial charge is 0.492 e. The molecule has 0 saturated carbocycles. The fraction of sp³-hybridized carbons (Fsp3) is 0.188. The molecule has 0 radical (unpaired) electrons. The third-order valence-electron chi connectivity index (χ3n) is 3.17. The third-order valence-corrected chi connectivity index (χ3v) is 3.47. The first kappa shape index (κ1) is 16.8. The van der Waals surface area contributed by atoms with Crippen molar-refractivity contribution in [3.05, 3.63) is 62.7 Å². The standard InChI is InChI=1S/C16H15ClN2O4/c1-3-23-15-7-5-11(8-13(15)17)16(20)18-14-9-12(19(21)22)6-4-10(14)2/h4-9H,3H2,1-2H3,(H,18,20). The lowest BCUT2D eigenvalue weighted by molar-refractivity contribution is -0.384. The van der Waals surface area contributed by atoms with Gasteiger partial charge in [-0.3, -0.25) is 14.9 Å². The number of rotatable bonds is 5. The molecule has 120 valence electrons. The van der Waals surface area contributed by atoms with Crippen molar-refractivity contribution in [3.8, 4) is 5.75 Å². The molecule has 0 spiro atoms. The summed E-state index contributed by atoms with van der Waals surface area (Å²) in [5.74, 6) is 0.0933. The van der Waals surface area contributed by atoms with Crippen molar-refractivity contribution in [3.63, 3.8) is 0 Å². The van der Waals surface area contributed by atoms with Gasteiger partial charge in [0.2, 0.25) is 0 Å². The summed E-state index contributed by atoms with van der Waals surface area (Å²) in [5, 5.41) is 13.8. The second kappa shape index (κ2) is 7.11. The van der Waals surface area contributed by atoms with Crippen LogP contribution in [0.3, 0.4) is 0 Å². The van der Waals surface area contributed by atoms with E-state index in [4.69, 9.17) is 16.3 Å². The number of carbonyl (C=O) groups excluding carboxylic acids is 1. The average Bonchev–Trinajstić information content (AvgIpc) is 2.51. The van der Waals surface area contributed by atoms with Crippen LogP contribution in [-0.2, 0) is 0 Å². The number of carbonyl (C=O) groups is 1. The molecule has 1 amide bonds. The highest BCUT2D eigenvalue weighted by atomic mass is 35.5. The maximum absolute atomic E-state index is 12.3. The quantitative estimate of drug-likeness (QED) is 0.656. The molecule has 0 bridgehead atoms. The second-order valence-corrected chi connectivity index (χ2v) is 5.20. The van der Waals surface area contributed by atoms with Crippen molar-refractivity contribution < 1.29 is 14.5 Å². The summed E-state index contributed by atoms with van der Waals surface area (Å²) >= 11 is 6.06. The van der Waals surface area contributed by atoms with E-state index in [0.29, 0.717) is 28.6 Å². The van der Waals surface area contributed by atoms with Crippen LogP contribution in [0.5, 0.6) is 5.75 Å². The van der Waals surface area contributed by atoms with Gasteiger partial charge in [0, 0.05) is 17.7 Å². The van der Waals surface area contributed by atoms with Crippen LogP contribution >= 0.6 is 11.6 Å². The Morgan fingerprint density at radius 3 is 2.65 bits per heavy atom. The molecule has 7 heteroatoms. The molecular formula is C16H15ClN2O4. The van der Waals surface area contributed by atoms with E-state index < -0.39 is 10.8 Å². The first-order valence-electron chi connectivity index (χ1n) is 6.91. The van der Waals surface area contributed by atoms with E-state index in [1.165, 1.54) is 18.2 Å². The Hall–Kier alpha value is -2.60. The van der Waals surface area contributed by atoms with Crippen LogP contribution in [0.2, 0.25) is 5.02 Å². The van der Waals surface area contributed by atoms with Gasteiger partial charge in [-0.25, -0.2) is 0 Å². The van der Waals surface area contributed by atoms with Gasteiger partial charge in [-0.2, -0.15) is 0 Å². The summed E-state index contributed by atoms with van der Waals surface area (Å²) in [6, 6.07) is 8.98. The van der Waals surface area contributed by atoms with E-state index in [-0.39, 0.29) is 5.69 Å². The number of amides is 1. The fourth-order valence-corrected chi connectivity index (χ4v) is 2.20. The smallest absolute Gasteiger partial charge is 0.271 e. The van der Waals surface area contributed by atoms with Crippen LogP contribution in [0, 0.1) is 17.0 Å². The van der Waals surface area contributed by atoms with Crippen LogP contribution < -0.4 is 10.1 Å². The number of non-ortho nitro benzene ring substituents is 1. The third kappa shape index (κ3) is 3.98. The van der Waals surface area contributed by atoms with E-state index in [9.17, 15) is 14.9 Å². The van der Waals surface area contributed by atoms with Crippen molar-refractivity contribution in [2.45, 2.75) is 13.8 Å². The normalized spacial score (nSPS) is 10.2. The Morgan fingerprint density at radius 2 is 2.04 bits per heavy atom. The number of hydrogen-bond donors (Lipinski definition) is 1. The number of nitrogens with zero attached hydrogens (tertiary/aromatic N) is 1. The summed E-state index contributed by atoms with van der Waals surface area (Å²) in [6.45, 7) is 4.06. The number of halogens is 1. The SMILES string of the molecule is CCOc1ccc(C(=O)Nc2cc([N+](=O)[O-])ccc2C)cc1Cl. The Morgan fingerprint density at radius 1 is 1.30 bits per heavy atom. The van der Waals surface area contributed by atoms with E-state index in [1.54, 1.807) is 25.1 Å². The van der Waals surface area contributed by atoms with Gasteiger partial charge in [0.05, 0.1) is 22.2 Å². The molecular weight excluding hydrogens is 320 g/mol. The highest BCUT2D eigenvalue weighted by Crippen LogP contribution is 2.27. The number of aryl methyl sites for hydroxylation is 1. The summed E-state index contributed by atoms with van der Waals surface area (Å²) in [5.41, 5.74) is 1.36. The van der Waals surface area contributed by atoms with Crippen LogP contribution in [0.4, 0.5) is 11.4 Å². The number of anilines is 1. The predicted octanol–water partition coefficient (Wildman–Crippen LogP) is 4.21. The van der Waals surface area contributed by atoms with Crippen molar-refractivity contribution >= 4 is 28.9 Å². The number of nitrogens with one attached hydrogen (secondary N) is 1. The van der Waals surface area contributed by atoms with Gasteiger partial charge in [0.15, 0.2) is 0 Å². The number of nitro groups is 1. The minimum absolute atomic E-state index is 0.0874. The van der Waals surface area contributed by atoms with Gasteiger partial charge < -0.3 is 10.1 Å². The lowest BCUT2D eigenvalue weighted by Crippen LogP contribution is -2.13. The van der Waals surface area contributed by atoms with Gasteiger partial charge in [-0.1, -0.05) is 17.7 Å². The Labute approximate surface area is 138 Å². The molecule has 2 rings (SSSR count). The topological polar surface area (TPSA) is 81.5 Å². The summed E-state index contributed by atoms with van der Waals surface area (Å²) < 4.78 is 5.31. The summed E-state index contributed by atoms with van der Waals surface area (Å²) in [7, 11) is 0. The van der Waals surface area contributed by atoms with Gasteiger partial charge in [0.1, 0.15) is 5.75 Å². The molecule has 0 aromatic heterocycles. The Bertz CT molecular complexity index is 762. The lowest BCUT2D eigenvalue weighted by atomic mass is 10.1. The molecule has 0 aliphatic carbocycles. The number of ether oxygens (including phenoxy) is 1. The van der Waals surface area contributed by atoms with E-state index in [2.05, 4.69) is 5.32 Å². The molecule has 0 fully saturated rings. The highest BCUT2D eigenvalue weighted by molar-refractivity contribution is 6.32. The van der Waals surface area contributed by atoms with Crippen molar-refractivity contribution in [1.29, 1.82) is 0 Å². The van der Waals surface area contributed by atoms with Gasteiger partial charge in [0.25, 0.3) is 11.6 Å². The molecule has 1 N–H and O–H groups in total. The molecule has 0 aliphatic heterocycles. The van der Waals surface area contributed by atoms with Crippen LogP contribution in [0.15, 0.2) is 36.4 Å². The molecule has 0 saturated heterocycles. The Balaban J connectivity index is 2.24. The van der Waals surface area contributed by atoms with Crippen molar-refractivity contribution in [2.24, 2.45) is 0 Å². The van der Waals surface area contributed by atoms with E-state index in [0.717, 1.165) is 5.56 Å². The van der Waals surface area contributed by atoms with Crippen LogP contribution in [0.1, 0.15) is 22.8 Å². The van der Waals surface area contributed by atoms with Crippen LogP contribution in [0.25, 0.3) is 0 Å². The fourth-order valence-electron chi connectivity index (χ4n) is 1.97. The van der Waals surface area contributed by atoms with Gasteiger partial charge in [-0.15, -0.1) is 0 Å². The molecule has 6 nitrogen and oxygen atoms in total. The Kier molecular flexibility index (Phi) is 5.18. The van der Waals surface area contributed by atoms with Gasteiger partial charge in [-0.05, 0) is 37.6 Å². The first-order chi connectivity index (χ1) is 10.9. The zero-order chi connectivity index (χ0) is 17.0. The zero-order valence-corrected chi connectivity index (χ0v) is 13.4. The lowest BCUT2D eigenvalue weighted by Gasteiger charge is -2.10. The minimum atomic E-state index is -0.511. The number of nitro benzene ring substituents is 1. The highest BCUT2D eigenvalue weighted by Gasteiger charge is 2.13. The second-order valence-electron chi connectivity index (χ2n) is 4.79. The van der Waals surface area contributed by atoms with E-state index in [1.807, 2.05) is 6.92 Å². The summed E-state index contributed by atoms with van der Waals surface area (Å²) in [4.78, 5) is 22.6. The first-order valence-corrected chi connectivity index (χ1v) is 7.29. The molecule has 0 atom stereocenters. The number of hydrogen-bond acceptors (Lipinski definition) is 4. The van der Waals surface area contributed by atoms with Gasteiger partial charge >= 0.3 is 0 Å². The number of benzene rings is 2. The molecule has 0 unspecified atom stereocenters.